The van der Waals surface area contributed by atoms with E-state index in [1.165, 1.54) is 25.7 Å². The molecule has 2 fully saturated rings. The van der Waals surface area contributed by atoms with Crippen LogP contribution in [0.3, 0.4) is 0 Å². The van der Waals surface area contributed by atoms with Crippen LogP contribution in [-0.2, 0) is 13.0 Å². The van der Waals surface area contributed by atoms with E-state index in [0.29, 0.717) is 6.04 Å². The van der Waals surface area contributed by atoms with Crippen LogP contribution in [0.2, 0.25) is 0 Å². The van der Waals surface area contributed by atoms with Crippen molar-refractivity contribution in [1.29, 1.82) is 0 Å². The minimum absolute atomic E-state index is 0.599. The standard InChI is InChI=1S/C15H26N4/c1-3-5-16-14(13-7-11-6-12(11)8-13)9-15-17-10-18-19(15)4-2/h10-14,16H,3-9H2,1-2H3. The van der Waals surface area contributed by atoms with Gasteiger partial charge in [0.1, 0.15) is 12.2 Å². The van der Waals surface area contributed by atoms with Crippen molar-refractivity contribution in [2.75, 3.05) is 6.54 Å². The van der Waals surface area contributed by atoms with E-state index in [1.54, 1.807) is 6.33 Å². The first-order valence-electron chi connectivity index (χ1n) is 7.91. The molecule has 0 spiro atoms. The maximum Gasteiger partial charge on any atom is 0.138 e. The molecule has 1 heterocycles. The van der Waals surface area contributed by atoms with Crippen LogP contribution >= 0.6 is 0 Å². The monoisotopic (exact) mass is 262 g/mol. The second-order valence-corrected chi connectivity index (χ2v) is 6.24. The molecule has 0 amide bonds. The first-order valence-corrected chi connectivity index (χ1v) is 7.91. The van der Waals surface area contributed by atoms with Crippen LogP contribution in [0.15, 0.2) is 6.33 Å². The van der Waals surface area contributed by atoms with E-state index < -0.39 is 0 Å². The first kappa shape index (κ1) is 13.1. The minimum Gasteiger partial charge on any atom is -0.313 e. The summed E-state index contributed by atoms with van der Waals surface area (Å²) in [6, 6.07) is 0.599. The lowest BCUT2D eigenvalue weighted by Gasteiger charge is -2.25. The fourth-order valence-electron chi connectivity index (χ4n) is 3.73. The van der Waals surface area contributed by atoms with Gasteiger partial charge in [0.05, 0.1) is 0 Å². The summed E-state index contributed by atoms with van der Waals surface area (Å²) in [5.74, 6) is 4.12. The molecule has 0 aromatic carbocycles. The van der Waals surface area contributed by atoms with Crippen molar-refractivity contribution >= 4 is 0 Å². The molecule has 1 aromatic rings. The Morgan fingerprint density at radius 3 is 2.79 bits per heavy atom. The molecule has 4 heteroatoms. The van der Waals surface area contributed by atoms with E-state index in [-0.39, 0.29) is 0 Å². The lowest BCUT2D eigenvalue weighted by molar-refractivity contribution is 0.324. The topological polar surface area (TPSA) is 42.7 Å². The molecule has 0 radical (unpaired) electrons. The predicted octanol–water partition coefficient (Wildman–Crippen LogP) is 2.25. The molecule has 2 saturated carbocycles. The molecule has 1 aromatic heterocycles. The van der Waals surface area contributed by atoms with Gasteiger partial charge < -0.3 is 5.32 Å². The molecule has 0 bridgehead atoms. The second kappa shape index (κ2) is 5.61. The van der Waals surface area contributed by atoms with Gasteiger partial charge in [0.2, 0.25) is 0 Å². The summed E-state index contributed by atoms with van der Waals surface area (Å²) in [5, 5.41) is 8.06. The van der Waals surface area contributed by atoms with Crippen LogP contribution in [0, 0.1) is 17.8 Å². The number of nitrogens with zero attached hydrogens (tertiary/aromatic N) is 3. The van der Waals surface area contributed by atoms with Crippen LogP contribution in [0.4, 0.5) is 0 Å². The van der Waals surface area contributed by atoms with Crippen LogP contribution in [0.25, 0.3) is 0 Å². The van der Waals surface area contributed by atoms with E-state index in [0.717, 1.165) is 43.1 Å². The van der Waals surface area contributed by atoms with Crippen molar-refractivity contribution in [3.63, 3.8) is 0 Å². The summed E-state index contributed by atoms with van der Waals surface area (Å²) in [6.45, 7) is 6.42. The summed E-state index contributed by atoms with van der Waals surface area (Å²) in [6.07, 6.45) is 8.32. The number of aromatic nitrogens is 3. The molecular weight excluding hydrogens is 236 g/mol. The summed E-state index contributed by atoms with van der Waals surface area (Å²) in [4.78, 5) is 4.45. The molecule has 1 N–H and O–H groups in total. The van der Waals surface area contributed by atoms with Gasteiger partial charge in [-0.25, -0.2) is 4.98 Å². The van der Waals surface area contributed by atoms with Gasteiger partial charge in [0, 0.05) is 19.0 Å². The smallest absolute Gasteiger partial charge is 0.138 e. The number of aryl methyl sites for hydroxylation is 1. The van der Waals surface area contributed by atoms with Gasteiger partial charge in [-0.1, -0.05) is 6.92 Å². The SMILES string of the molecule is CCCNC(Cc1ncnn1CC)C1CC2CC2C1. The minimum atomic E-state index is 0.599. The van der Waals surface area contributed by atoms with Crippen molar-refractivity contribution in [3.8, 4) is 0 Å². The summed E-state index contributed by atoms with van der Waals surface area (Å²) >= 11 is 0. The quantitative estimate of drug-likeness (QED) is 0.819. The van der Waals surface area contributed by atoms with Gasteiger partial charge in [0.15, 0.2) is 0 Å². The van der Waals surface area contributed by atoms with Gasteiger partial charge in [-0.3, -0.25) is 4.68 Å². The fraction of sp³-hybridized carbons (Fsp3) is 0.867. The second-order valence-electron chi connectivity index (χ2n) is 6.24. The average molecular weight is 262 g/mol. The zero-order chi connectivity index (χ0) is 13.2. The van der Waals surface area contributed by atoms with Gasteiger partial charge in [-0.2, -0.15) is 5.10 Å². The van der Waals surface area contributed by atoms with Crippen molar-refractivity contribution in [2.24, 2.45) is 17.8 Å². The number of hydrogen-bond acceptors (Lipinski definition) is 3. The number of fused-ring (bicyclic) bond motifs is 1. The summed E-state index contributed by atoms with van der Waals surface area (Å²) < 4.78 is 2.04. The molecule has 2 aliphatic carbocycles. The van der Waals surface area contributed by atoms with E-state index in [2.05, 4.69) is 29.2 Å². The Labute approximate surface area is 116 Å². The van der Waals surface area contributed by atoms with E-state index in [9.17, 15) is 0 Å². The predicted molar refractivity (Wildman–Crippen MR) is 75.8 cm³/mol. The van der Waals surface area contributed by atoms with Crippen molar-refractivity contribution < 1.29 is 0 Å². The lowest BCUT2D eigenvalue weighted by Crippen LogP contribution is -2.39. The zero-order valence-electron chi connectivity index (χ0n) is 12.2. The number of nitrogens with one attached hydrogen (secondary N) is 1. The third-order valence-corrected chi connectivity index (χ3v) is 4.90. The normalized spacial score (nSPS) is 30.3. The molecule has 0 aliphatic heterocycles. The molecule has 3 unspecified atom stereocenters. The van der Waals surface area contributed by atoms with Crippen LogP contribution < -0.4 is 5.32 Å². The first-order chi connectivity index (χ1) is 9.31. The van der Waals surface area contributed by atoms with Gasteiger partial charge in [-0.05, 0) is 56.9 Å². The Kier molecular flexibility index (Phi) is 3.87. The molecule has 4 nitrogen and oxygen atoms in total. The van der Waals surface area contributed by atoms with Crippen LogP contribution in [-0.4, -0.2) is 27.4 Å². The average Bonchev–Trinajstić information content (AvgIpc) is 2.87. The zero-order valence-corrected chi connectivity index (χ0v) is 12.2. The van der Waals surface area contributed by atoms with E-state index in [1.807, 2.05) is 4.68 Å². The maximum atomic E-state index is 4.45. The molecule has 3 rings (SSSR count). The molecular formula is C15H26N4. The lowest BCUT2D eigenvalue weighted by atomic mass is 9.91. The molecule has 3 atom stereocenters. The molecule has 0 saturated heterocycles. The van der Waals surface area contributed by atoms with Crippen LogP contribution in [0.5, 0.6) is 0 Å². The Hall–Kier alpha value is -0.900. The Bertz CT molecular complexity index is 404. The third kappa shape index (κ3) is 2.83. The van der Waals surface area contributed by atoms with E-state index >= 15 is 0 Å². The molecule has 106 valence electrons. The Morgan fingerprint density at radius 2 is 2.11 bits per heavy atom. The molecule has 2 aliphatic rings. The third-order valence-electron chi connectivity index (χ3n) is 4.90. The largest absolute Gasteiger partial charge is 0.313 e. The fourth-order valence-corrected chi connectivity index (χ4v) is 3.73. The van der Waals surface area contributed by atoms with Crippen molar-refractivity contribution in [1.82, 2.24) is 20.1 Å². The Balaban J connectivity index is 1.64. The summed E-state index contributed by atoms with van der Waals surface area (Å²) in [7, 11) is 0. The van der Waals surface area contributed by atoms with Crippen molar-refractivity contribution in [2.45, 2.75) is 58.5 Å². The number of rotatable bonds is 7. The van der Waals surface area contributed by atoms with Crippen LogP contribution in [0.1, 0.15) is 45.4 Å². The van der Waals surface area contributed by atoms with Gasteiger partial charge >= 0.3 is 0 Å². The Morgan fingerprint density at radius 1 is 1.32 bits per heavy atom. The highest BCUT2D eigenvalue weighted by Crippen LogP contribution is 2.55. The molecule has 19 heavy (non-hydrogen) atoms. The van der Waals surface area contributed by atoms with Gasteiger partial charge in [0.25, 0.3) is 0 Å². The highest BCUT2D eigenvalue weighted by Gasteiger charge is 2.47. The highest BCUT2D eigenvalue weighted by molar-refractivity contribution is 5.02. The van der Waals surface area contributed by atoms with E-state index in [4.69, 9.17) is 0 Å². The highest BCUT2D eigenvalue weighted by atomic mass is 15.3. The maximum absolute atomic E-state index is 4.45. The van der Waals surface area contributed by atoms with Crippen molar-refractivity contribution in [3.05, 3.63) is 12.2 Å². The summed E-state index contributed by atoms with van der Waals surface area (Å²) in [5.41, 5.74) is 0. The number of hydrogen-bond donors (Lipinski definition) is 1. The van der Waals surface area contributed by atoms with Gasteiger partial charge in [-0.15, -0.1) is 0 Å².